The topological polar surface area (TPSA) is 83.5 Å². The molecule has 0 aromatic heterocycles. The van der Waals surface area contributed by atoms with Gasteiger partial charge in [-0.1, -0.05) is 39.2 Å². The summed E-state index contributed by atoms with van der Waals surface area (Å²) in [5.41, 5.74) is -0.0316. The van der Waals surface area contributed by atoms with Gasteiger partial charge in [0, 0.05) is 6.54 Å². The first-order valence-electron chi connectivity index (χ1n) is 7.23. The molecule has 1 rings (SSSR count). The Morgan fingerprint density at radius 3 is 2.62 bits per heavy atom. The lowest BCUT2D eigenvalue weighted by atomic mass is 10.00. The van der Waals surface area contributed by atoms with Crippen LogP contribution in [0, 0.1) is 5.92 Å². The van der Waals surface area contributed by atoms with Gasteiger partial charge in [-0.05, 0) is 30.5 Å². The summed E-state index contributed by atoms with van der Waals surface area (Å²) in [6.45, 7) is 4.53. The molecule has 118 valence electrons. The molecule has 21 heavy (non-hydrogen) atoms. The Bertz CT molecular complexity index is 569. The Balaban J connectivity index is 2.77. The van der Waals surface area contributed by atoms with E-state index in [0.717, 1.165) is 25.7 Å². The normalized spacial score (nSPS) is 13.0. The van der Waals surface area contributed by atoms with Crippen LogP contribution in [0.4, 0.5) is 0 Å². The predicted octanol–water partition coefficient (Wildman–Crippen LogP) is 2.88. The van der Waals surface area contributed by atoms with Gasteiger partial charge in [0.25, 0.3) is 0 Å². The second-order valence-corrected chi connectivity index (χ2v) is 6.87. The molecular formula is C15H23NO4S. The molecule has 6 heteroatoms. The first-order chi connectivity index (χ1) is 9.90. The summed E-state index contributed by atoms with van der Waals surface area (Å²) < 4.78 is 27.0. The molecule has 0 amide bonds. The van der Waals surface area contributed by atoms with E-state index in [1.54, 1.807) is 0 Å². The SMILES string of the molecule is CCCCC(CC)CNS(=O)(=O)c1cccc(C(=O)O)c1. The molecule has 0 aliphatic heterocycles. The number of carboxylic acids is 1. The van der Waals surface area contributed by atoms with Crippen LogP contribution in [0.15, 0.2) is 29.2 Å². The van der Waals surface area contributed by atoms with Crippen LogP contribution >= 0.6 is 0 Å². The van der Waals surface area contributed by atoms with E-state index in [-0.39, 0.29) is 10.5 Å². The first kappa shape index (κ1) is 17.7. The number of rotatable bonds is 9. The molecule has 0 saturated heterocycles. The average molecular weight is 313 g/mol. The van der Waals surface area contributed by atoms with Crippen molar-refractivity contribution in [1.82, 2.24) is 4.72 Å². The van der Waals surface area contributed by atoms with Gasteiger partial charge in [-0.2, -0.15) is 0 Å². The molecule has 5 nitrogen and oxygen atoms in total. The number of unbranched alkanes of at least 4 members (excludes halogenated alkanes) is 1. The summed E-state index contributed by atoms with van der Waals surface area (Å²) in [5, 5.41) is 8.91. The van der Waals surface area contributed by atoms with Crippen LogP contribution in [0.1, 0.15) is 49.9 Å². The minimum atomic E-state index is -3.66. The quantitative estimate of drug-likeness (QED) is 0.734. The van der Waals surface area contributed by atoms with Crippen molar-refractivity contribution in [2.75, 3.05) is 6.54 Å². The smallest absolute Gasteiger partial charge is 0.335 e. The summed E-state index contributed by atoms with van der Waals surface area (Å²) >= 11 is 0. The number of aromatic carboxylic acids is 1. The van der Waals surface area contributed by atoms with Gasteiger partial charge in [-0.3, -0.25) is 0 Å². The highest BCUT2D eigenvalue weighted by Crippen LogP contribution is 2.15. The second kappa shape index (κ2) is 8.14. The summed E-state index contributed by atoms with van der Waals surface area (Å²) in [6, 6.07) is 5.39. The summed E-state index contributed by atoms with van der Waals surface area (Å²) in [7, 11) is -3.66. The van der Waals surface area contributed by atoms with E-state index < -0.39 is 16.0 Å². The van der Waals surface area contributed by atoms with E-state index in [1.807, 2.05) is 6.92 Å². The van der Waals surface area contributed by atoms with Crippen molar-refractivity contribution in [1.29, 1.82) is 0 Å². The van der Waals surface area contributed by atoms with Crippen molar-refractivity contribution in [2.45, 2.75) is 44.4 Å². The minimum Gasteiger partial charge on any atom is -0.478 e. The van der Waals surface area contributed by atoms with Crippen LogP contribution in [0.5, 0.6) is 0 Å². The molecule has 1 aromatic rings. The van der Waals surface area contributed by atoms with Crippen molar-refractivity contribution in [3.8, 4) is 0 Å². The lowest BCUT2D eigenvalue weighted by Gasteiger charge is -2.15. The molecule has 1 unspecified atom stereocenters. The van der Waals surface area contributed by atoms with E-state index in [0.29, 0.717) is 12.5 Å². The van der Waals surface area contributed by atoms with Crippen LogP contribution in [0.2, 0.25) is 0 Å². The number of hydrogen-bond acceptors (Lipinski definition) is 3. The third kappa shape index (κ3) is 5.47. The third-order valence-electron chi connectivity index (χ3n) is 3.50. The zero-order valence-corrected chi connectivity index (χ0v) is 13.3. The average Bonchev–Trinajstić information content (AvgIpc) is 2.47. The second-order valence-electron chi connectivity index (χ2n) is 5.10. The number of sulfonamides is 1. The minimum absolute atomic E-state index is 0.00672. The molecule has 0 bridgehead atoms. The fraction of sp³-hybridized carbons (Fsp3) is 0.533. The van der Waals surface area contributed by atoms with E-state index in [4.69, 9.17) is 5.11 Å². The zero-order valence-electron chi connectivity index (χ0n) is 12.5. The van der Waals surface area contributed by atoms with Crippen molar-refractivity contribution in [3.63, 3.8) is 0 Å². The van der Waals surface area contributed by atoms with Crippen LogP contribution in [0.25, 0.3) is 0 Å². The first-order valence-corrected chi connectivity index (χ1v) is 8.72. The van der Waals surface area contributed by atoms with Crippen molar-refractivity contribution in [2.24, 2.45) is 5.92 Å². The maximum atomic E-state index is 12.2. The molecule has 0 aliphatic rings. The number of carboxylic acid groups (broad SMARTS) is 1. The standard InChI is InChI=1S/C15H23NO4S/c1-3-5-7-12(4-2)11-16-21(19,20)14-9-6-8-13(10-14)15(17)18/h6,8-10,12,16H,3-5,7,11H2,1-2H3,(H,17,18). The number of nitrogens with one attached hydrogen (secondary N) is 1. The molecule has 0 fully saturated rings. The zero-order chi connectivity index (χ0) is 15.9. The molecular weight excluding hydrogens is 290 g/mol. The Kier molecular flexibility index (Phi) is 6.84. The van der Waals surface area contributed by atoms with Gasteiger partial charge in [-0.25, -0.2) is 17.9 Å². The Morgan fingerprint density at radius 1 is 1.33 bits per heavy atom. The summed E-state index contributed by atoms with van der Waals surface area (Å²) in [6.07, 6.45) is 4.07. The highest BCUT2D eigenvalue weighted by Gasteiger charge is 2.17. The Morgan fingerprint density at radius 2 is 2.05 bits per heavy atom. The van der Waals surface area contributed by atoms with Crippen LogP contribution in [-0.4, -0.2) is 26.0 Å². The van der Waals surface area contributed by atoms with Gasteiger partial charge >= 0.3 is 5.97 Å². The van der Waals surface area contributed by atoms with E-state index in [2.05, 4.69) is 11.6 Å². The van der Waals surface area contributed by atoms with E-state index in [9.17, 15) is 13.2 Å². The molecule has 1 aromatic carbocycles. The lowest BCUT2D eigenvalue weighted by Crippen LogP contribution is -2.29. The van der Waals surface area contributed by atoms with Gasteiger partial charge in [0.15, 0.2) is 0 Å². The van der Waals surface area contributed by atoms with E-state index >= 15 is 0 Å². The fourth-order valence-corrected chi connectivity index (χ4v) is 3.21. The van der Waals surface area contributed by atoms with Crippen molar-refractivity contribution < 1.29 is 18.3 Å². The largest absolute Gasteiger partial charge is 0.478 e. The van der Waals surface area contributed by atoms with Crippen LogP contribution in [-0.2, 0) is 10.0 Å². The van der Waals surface area contributed by atoms with E-state index in [1.165, 1.54) is 24.3 Å². The Labute approximate surface area is 126 Å². The highest BCUT2D eigenvalue weighted by molar-refractivity contribution is 7.89. The molecule has 1 atom stereocenters. The lowest BCUT2D eigenvalue weighted by molar-refractivity contribution is 0.0696. The highest BCUT2D eigenvalue weighted by atomic mass is 32.2. The number of hydrogen-bond donors (Lipinski definition) is 2. The van der Waals surface area contributed by atoms with Gasteiger partial charge in [0.05, 0.1) is 10.5 Å². The van der Waals surface area contributed by atoms with Crippen LogP contribution < -0.4 is 4.72 Å². The maximum Gasteiger partial charge on any atom is 0.335 e. The van der Waals surface area contributed by atoms with Crippen molar-refractivity contribution in [3.05, 3.63) is 29.8 Å². The number of benzene rings is 1. The third-order valence-corrected chi connectivity index (χ3v) is 4.92. The molecule has 0 saturated carbocycles. The molecule has 2 N–H and O–H groups in total. The number of carbonyl (C=O) groups is 1. The predicted molar refractivity (Wildman–Crippen MR) is 81.9 cm³/mol. The molecule has 0 radical (unpaired) electrons. The maximum absolute atomic E-state index is 12.2. The molecule has 0 spiro atoms. The van der Waals surface area contributed by atoms with Gasteiger partial charge in [0.1, 0.15) is 0 Å². The fourth-order valence-electron chi connectivity index (χ4n) is 2.05. The van der Waals surface area contributed by atoms with Gasteiger partial charge in [0.2, 0.25) is 10.0 Å². The Hall–Kier alpha value is -1.40. The molecule has 0 heterocycles. The van der Waals surface area contributed by atoms with Gasteiger partial charge < -0.3 is 5.11 Å². The molecule has 0 aliphatic carbocycles. The van der Waals surface area contributed by atoms with Gasteiger partial charge in [-0.15, -0.1) is 0 Å². The summed E-state index contributed by atoms with van der Waals surface area (Å²) in [5.74, 6) is -0.830. The van der Waals surface area contributed by atoms with Crippen molar-refractivity contribution >= 4 is 16.0 Å². The van der Waals surface area contributed by atoms with Crippen LogP contribution in [0.3, 0.4) is 0 Å². The summed E-state index contributed by atoms with van der Waals surface area (Å²) in [4.78, 5) is 10.9. The monoisotopic (exact) mass is 313 g/mol.